The zero-order valence-corrected chi connectivity index (χ0v) is 17.1. The number of benzene rings is 1. The van der Waals surface area contributed by atoms with Gasteiger partial charge in [-0.15, -0.1) is 11.3 Å². The maximum absolute atomic E-state index is 12.5. The molecule has 1 heterocycles. The normalized spacial score (nSPS) is 12.9. The molecule has 1 aliphatic rings. The number of amides is 1. The number of carbonyl (C=O) groups is 2. The van der Waals surface area contributed by atoms with Gasteiger partial charge < -0.3 is 10.1 Å². The number of carbonyl (C=O) groups excluding carboxylic acids is 2. The predicted molar refractivity (Wildman–Crippen MR) is 110 cm³/mol. The standard InChI is InChI=1S/C22H27NO3S/c1-4-26-22(25)20-17-6-5-7-18(17)27-21(20)23-19(24)13-10-15-8-11-16(12-9-15)14(2)3/h8-9,11-12,14H,4-7,10,13H2,1-3H3,(H,23,24). The summed E-state index contributed by atoms with van der Waals surface area (Å²) in [6, 6.07) is 8.43. The van der Waals surface area contributed by atoms with Crippen molar-refractivity contribution in [2.45, 2.75) is 58.8 Å². The van der Waals surface area contributed by atoms with E-state index in [1.165, 1.54) is 21.8 Å². The van der Waals surface area contributed by atoms with Crippen LogP contribution >= 0.6 is 11.3 Å². The first-order valence-electron chi connectivity index (χ1n) is 9.70. The number of thiophene rings is 1. The molecule has 0 spiro atoms. The Morgan fingerprint density at radius 3 is 2.59 bits per heavy atom. The summed E-state index contributed by atoms with van der Waals surface area (Å²) >= 11 is 1.53. The lowest BCUT2D eigenvalue weighted by Gasteiger charge is -2.09. The van der Waals surface area contributed by atoms with Crippen LogP contribution in [0.3, 0.4) is 0 Å². The van der Waals surface area contributed by atoms with E-state index in [0.717, 1.165) is 30.4 Å². The van der Waals surface area contributed by atoms with Crippen LogP contribution in [0.25, 0.3) is 0 Å². The first-order valence-corrected chi connectivity index (χ1v) is 10.5. The van der Waals surface area contributed by atoms with Crippen LogP contribution in [0.15, 0.2) is 24.3 Å². The largest absolute Gasteiger partial charge is 0.462 e. The molecule has 0 atom stereocenters. The van der Waals surface area contributed by atoms with Crippen molar-refractivity contribution in [1.82, 2.24) is 0 Å². The molecule has 3 rings (SSSR count). The fourth-order valence-electron chi connectivity index (χ4n) is 3.43. The summed E-state index contributed by atoms with van der Waals surface area (Å²) in [5.74, 6) is 0.120. The van der Waals surface area contributed by atoms with Crippen LogP contribution in [0, 0.1) is 0 Å². The van der Waals surface area contributed by atoms with Gasteiger partial charge >= 0.3 is 5.97 Å². The zero-order valence-electron chi connectivity index (χ0n) is 16.3. The lowest BCUT2D eigenvalue weighted by molar-refractivity contribution is -0.116. The number of fused-ring (bicyclic) bond motifs is 1. The first kappa shape index (κ1) is 19.6. The van der Waals surface area contributed by atoms with Crippen LogP contribution in [-0.4, -0.2) is 18.5 Å². The monoisotopic (exact) mass is 385 g/mol. The Morgan fingerprint density at radius 1 is 1.19 bits per heavy atom. The van der Waals surface area contributed by atoms with Gasteiger partial charge in [-0.05, 0) is 55.2 Å². The minimum absolute atomic E-state index is 0.0617. The highest BCUT2D eigenvalue weighted by Gasteiger charge is 2.28. The molecule has 2 aromatic rings. The van der Waals surface area contributed by atoms with E-state index in [1.54, 1.807) is 6.92 Å². The average molecular weight is 386 g/mol. The van der Waals surface area contributed by atoms with E-state index >= 15 is 0 Å². The number of aryl methyl sites for hydroxylation is 2. The molecule has 1 amide bonds. The van der Waals surface area contributed by atoms with Crippen molar-refractivity contribution < 1.29 is 14.3 Å². The molecular formula is C22H27NO3S. The lowest BCUT2D eigenvalue weighted by atomic mass is 10.0. The van der Waals surface area contributed by atoms with Crippen LogP contribution in [0.1, 0.15) is 71.5 Å². The molecule has 1 aliphatic carbocycles. The number of ether oxygens (including phenoxy) is 1. The highest BCUT2D eigenvalue weighted by atomic mass is 32.1. The molecule has 0 aliphatic heterocycles. The van der Waals surface area contributed by atoms with Crippen LogP contribution in [0.4, 0.5) is 5.00 Å². The SMILES string of the molecule is CCOC(=O)c1c(NC(=O)CCc2ccc(C(C)C)cc2)sc2c1CCC2. The third-order valence-electron chi connectivity index (χ3n) is 4.94. The van der Waals surface area contributed by atoms with E-state index < -0.39 is 0 Å². The van der Waals surface area contributed by atoms with Crippen LogP contribution in [0.2, 0.25) is 0 Å². The van der Waals surface area contributed by atoms with Crippen molar-refractivity contribution >= 4 is 28.2 Å². The lowest BCUT2D eigenvalue weighted by Crippen LogP contribution is -2.15. The number of nitrogens with one attached hydrogen (secondary N) is 1. The molecule has 0 unspecified atom stereocenters. The van der Waals surface area contributed by atoms with Crippen molar-refractivity contribution in [2.24, 2.45) is 0 Å². The highest BCUT2D eigenvalue weighted by Crippen LogP contribution is 2.39. The van der Waals surface area contributed by atoms with Crippen molar-refractivity contribution in [2.75, 3.05) is 11.9 Å². The molecule has 4 nitrogen and oxygen atoms in total. The minimum atomic E-state index is -0.323. The molecule has 0 saturated carbocycles. The summed E-state index contributed by atoms with van der Waals surface area (Å²) in [6.07, 6.45) is 4.01. The number of rotatable bonds is 7. The van der Waals surface area contributed by atoms with Crippen LogP contribution in [-0.2, 0) is 28.8 Å². The van der Waals surface area contributed by atoms with Gasteiger partial charge in [0.1, 0.15) is 5.00 Å². The van der Waals surface area contributed by atoms with Gasteiger partial charge in [0.05, 0.1) is 12.2 Å². The second-order valence-electron chi connectivity index (χ2n) is 7.23. The van der Waals surface area contributed by atoms with Crippen LogP contribution in [0.5, 0.6) is 0 Å². The van der Waals surface area contributed by atoms with E-state index in [0.29, 0.717) is 35.9 Å². The summed E-state index contributed by atoms with van der Waals surface area (Å²) in [4.78, 5) is 26.0. The van der Waals surface area contributed by atoms with E-state index in [4.69, 9.17) is 4.74 Å². The Labute approximate surface area is 164 Å². The number of anilines is 1. The van der Waals surface area contributed by atoms with Crippen LogP contribution < -0.4 is 5.32 Å². The molecule has 1 aromatic carbocycles. The first-order chi connectivity index (χ1) is 13.0. The molecular weight excluding hydrogens is 358 g/mol. The van der Waals surface area contributed by atoms with E-state index in [9.17, 15) is 9.59 Å². The molecule has 144 valence electrons. The van der Waals surface area contributed by atoms with Crippen molar-refractivity contribution in [1.29, 1.82) is 0 Å². The van der Waals surface area contributed by atoms with E-state index in [2.05, 4.69) is 43.4 Å². The Morgan fingerprint density at radius 2 is 1.93 bits per heavy atom. The topological polar surface area (TPSA) is 55.4 Å². The molecule has 27 heavy (non-hydrogen) atoms. The van der Waals surface area contributed by atoms with E-state index in [-0.39, 0.29) is 11.9 Å². The maximum Gasteiger partial charge on any atom is 0.341 e. The predicted octanol–water partition coefficient (Wildman–Crippen LogP) is 5.11. The second-order valence-corrected chi connectivity index (χ2v) is 8.33. The summed E-state index contributed by atoms with van der Waals surface area (Å²) in [6.45, 7) is 6.47. The van der Waals surface area contributed by atoms with Gasteiger partial charge in [-0.25, -0.2) is 4.79 Å². The molecule has 0 radical (unpaired) electrons. The Hall–Kier alpha value is -2.14. The zero-order chi connectivity index (χ0) is 19.4. The van der Waals surface area contributed by atoms with Crippen molar-refractivity contribution in [3.8, 4) is 0 Å². The van der Waals surface area contributed by atoms with Gasteiger partial charge in [-0.3, -0.25) is 4.79 Å². The van der Waals surface area contributed by atoms with Gasteiger partial charge in [0, 0.05) is 11.3 Å². The van der Waals surface area contributed by atoms with Gasteiger partial charge in [-0.1, -0.05) is 38.1 Å². The van der Waals surface area contributed by atoms with Gasteiger partial charge in [0.15, 0.2) is 0 Å². The third kappa shape index (κ3) is 4.59. The third-order valence-corrected chi connectivity index (χ3v) is 6.15. The molecule has 0 saturated heterocycles. The molecule has 1 aromatic heterocycles. The van der Waals surface area contributed by atoms with E-state index in [1.807, 2.05) is 0 Å². The van der Waals surface area contributed by atoms with Gasteiger partial charge in [0.2, 0.25) is 5.91 Å². The molecule has 5 heteroatoms. The van der Waals surface area contributed by atoms with Crippen molar-refractivity contribution in [3.05, 3.63) is 51.4 Å². The smallest absolute Gasteiger partial charge is 0.341 e. The minimum Gasteiger partial charge on any atom is -0.462 e. The summed E-state index contributed by atoms with van der Waals surface area (Å²) in [7, 11) is 0. The molecule has 0 fully saturated rings. The van der Waals surface area contributed by atoms with Gasteiger partial charge in [-0.2, -0.15) is 0 Å². The second kappa shape index (κ2) is 8.70. The quantitative estimate of drug-likeness (QED) is 0.674. The number of hydrogen-bond acceptors (Lipinski definition) is 4. The highest BCUT2D eigenvalue weighted by molar-refractivity contribution is 7.17. The molecule has 0 bridgehead atoms. The Balaban J connectivity index is 1.65. The fraction of sp³-hybridized carbons (Fsp3) is 0.455. The average Bonchev–Trinajstić information content (AvgIpc) is 3.21. The maximum atomic E-state index is 12.5. The summed E-state index contributed by atoms with van der Waals surface area (Å²) < 4.78 is 5.21. The summed E-state index contributed by atoms with van der Waals surface area (Å²) in [5, 5.41) is 3.61. The Bertz CT molecular complexity index is 821. The molecule has 1 N–H and O–H groups in total. The number of hydrogen-bond donors (Lipinski definition) is 1. The fourth-order valence-corrected chi connectivity index (χ4v) is 4.72. The Kier molecular flexibility index (Phi) is 6.32. The van der Waals surface area contributed by atoms with Crippen molar-refractivity contribution in [3.63, 3.8) is 0 Å². The van der Waals surface area contributed by atoms with Gasteiger partial charge in [0.25, 0.3) is 0 Å². The summed E-state index contributed by atoms with van der Waals surface area (Å²) in [5.41, 5.74) is 4.09. The number of esters is 1.